The molecule has 2 saturated carbocycles. The molecule has 0 bridgehead atoms. The van der Waals surface area contributed by atoms with Crippen LogP contribution in [0.1, 0.15) is 45.4 Å². The summed E-state index contributed by atoms with van der Waals surface area (Å²) in [5, 5.41) is 11.8. The minimum atomic E-state index is -0.935. The van der Waals surface area contributed by atoms with E-state index in [4.69, 9.17) is 5.11 Å². The van der Waals surface area contributed by atoms with Gasteiger partial charge in [0.2, 0.25) is 0 Å². The van der Waals surface area contributed by atoms with Crippen molar-refractivity contribution in [1.29, 1.82) is 0 Å². The van der Waals surface area contributed by atoms with Crippen molar-refractivity contribution in [3.63, 3.8) is 0 Å². The number of nitrogens with zero attached hydrogens (tertiary/aromatic N) is 1. The minimum Gasteiger partial charge on any atom is -0.480 e. The lowest BCUT2D eigenvalue weighted by molar-refractivity contribution is -0.138. The molecular formula is C13H22N2O3. The van der Waals surface area contributed by atoms with Gasteiger partial charge in [-0.05, 0) is 31.1 Å². The summed E-state index contributed by atoms with van der Waals surface area (Å²) >= 11 is 0. The van der Waals surface area contributed by atoms with Gasteiger partial charge in [-0.15, -0.1) is 0 Å². The van der Waals surface area contributed by atoms with Crippen LogP contribution in [0.3, 0.4) is 0 Å². The topological polar surface area (TPSA) is 69.6 Å². The van der Waals surface area contributed by atoms with Crippen molar-refractivity contribution in [3.8, 4) is 0 Å². The number of carbonyl (C=O) groups excluding carboxylic acids is 1. The van der Waals surface area contributed by atoms with Gasteiger partial charge in [-0.25, -0.2) is 4.79 Å². The number of hydrogen-bond acceptors (Lipinski definition) is 2. The fourth-order valence-electron chi connectivity index (χ4n) is 2.51. The highest BCUT2D eigenvalue weighted by Crippen LogP contribution is 2.44. The third-order valence-corrected chi connectivity index (χ3v) is 4.10. The van der Waals surface area contributed by atoms with Gasteiger partial charge >= 0.3 is 12.0 Å². The van der Waals surface area contributed by atoms with Gasteiger partial charge in [-0.1, -0.05) is 19.8 Å². The molecule has 2 amide bonds. The maximum atomic E-state index is 12.1. The lowest BCUT2D eigenvalue weighted by Gasteiger charge is -2.28. The third kappa shape index (κ3) is 3.37. The summed E-state index contributed by atoms with van der Waals surface area (Å²) in [4.78, 5) is 24.5. The van der Waals surface area contributed by atoms with Crippen molar-refractivity contribution in [2.24, 2.45) is 5.41 Å². The summed E-state index contributed by atoms with van der Waals surface area (Å²) in [6.07, 6.45) is 6.33. The molecule has 5 nitrogen and oxygen atoms in total. The Kier molecular flexibility index (Phi) is 3.78. The Hall–Kier alpha value is -1.26. The molecule has 2 aliphatic rings. The van der Waals surface area contributed by atoms with Gasteiger partial charge in [0, 0.05) is 12.6 Å². The number of hydrogen-bond donors (Lipinski definition) is 2. The zero-order valence-electron chi connectivity index (χ0n) is 10.9. The highest BCUT2D eigenvalue weighted by Gasteiger charge is 2.38. The Morgan fingerprint density at radius 2 is 1.94 bits per heavy atom. The lowest BCUT2D eigenvalue weighted by Crippen LogP contribution is -2.48. The fourth-order valence-corrected chi connectivity index (χ4v) is 2.51. The minimum absolute atomic E-state index is 0.105. The summed E-state index contributed by atoms with van der Waals surface area (Å²) in [6.45, 7) is 2.62. The van der Waals surface area contributed by atoms with Gasteiger partial charge < -0.3 is 15.3 Å². The average molecular weight is 254 g/mol. The molecule has 0 heterocycles. The Labute approximate surface area is 108 Å². The van der Waals surface area contributed by atoms with Crippen LogP contribution in [-0.4, -0.2) is 41.1 Å². The summed E-state index contributed by atoms with van der Waals surface area (Å²) in [6, 6.07) is -0.106. The molecule has 2 N–H and O–H groups in total. The number of urea groups is 1. The van der Waals surface area contributed by atoms with Crippen LogP contribution in [0.25, 0.3) is 0 Å². The number of aliphatic carboxylic acids is 1. The van der Waals surface area contributed by atoms with Crippen LogP contribution in [0.4, 0.5) is 4.79 Å². The second-order valence-corrected chi connectivity index (χ2v) is 5.93. The Morgan fingerprint density at radius 1 is 1.33 bits per heavy atom. The van der Waals surface area contributed by atoms with Crippen molar-refractivity contribution in [2.45, 2.75) is 51.5 Å². The maximum Gasteiger partial charge on any atom is 0.323 e. The predicted molar refractivity (Wildman–Crippen MR) is 67.3 cm³/mol. The van der Waals surface area contributed by atoms with E-state index in [1.807, 2.05) is 0 Å². The molecular weight excluding hydrogens is 232 g/mol. The highest BCUT2D eigenvalue weighted by molar-refractivity contribution is 5.80. The van der Waals surface area contributed by atoms with E-state index in [0.717, 1.165) is 38.5 Å². The molecule has 2 rings (SSSR count). The molecule has 102 valence electrons. The number of carbonyl (C=O) groups is 2. The van der Waals surface area contributed by atoms with E-state index in [-0.39, 0.29) is 24.0 Å². The second kappa shape index (κ2) is 5.16. The van der Waals surface area contributed by atoms with Crippen LogP contribution in [0, 0.1) is 5.41 Å². The molecule has 2 fully saturated rings. The van der Waals surface area contributed by atoms with Gasteiger partial charge in [0.1, 0.15) is 6.54 Å². The van der Waals surface area contributed by atoms with Crippen LogP contribution in [0.2, 0.25) is 0 Å². The summed E-state index contributed by atoms with van der Waals surface area (Å²) < 4.78 is 0. The second-order valence-electron chi connectivity index (χ2n) is 5.93. The smallest absolute Gasteiger partial charge is 0.323 e. The Bertz CT molecular complexity index is 333. The molecule has 0 saturated heterocycles. The van der Waals surface area contributed by atoms with E-state index < -0.39 is 5.97 Å². The number of amides is 2. The molecule has 2 aliphatic carbocycles. The highest BCUT2D eigenvalue weighted by atomic mass is 16.4. The first-order valence-electron chi connectivity index (χ1n) is 6.76. The van der Waals surface area contributed by atoms with Crippen molar-refractivity contribution in [1.82, 2.24) is 10.2 Å². The van der Waals surface area contributed by atoms with Crippen LogP contribution in [0.5, 0.6) is 0 Å². The maximum absolute atomic E-state index is 12.1. The van der Waals surface area contributed by atoms with Gasteiger partial charge in [0.15, 0.2) is 0 Å². The van der Waals surface area contributed by atoms with E-state index in [1.165, 1.54) is 4.90 Å². The molecule has 0 aromatic heterocycles. The molecule has 0 spiro atoms. The van der Waals surface area contributed by atoms with Crippen molar-refractivity contribution in [3.05, 3.63) is 0 Å². The van der Waals surface area contributed by atoms with Crippen molar-refractivity contribution in [2.75, 3.05) is 13.1 Å². The third-order valence-electron chi connectivity index (χ3n) is 4.10. The monoisotopic (exact) mass is 254 g/mol. The van der Waals surface area contributed by atoms with Gasteiger partial charge in [-0.3, -0.25) is 4.79 Å². The summed E-state index contributed by atoms with van der Waals surface area (Å²) in [5.74, 6) is -0.935. The normalized spacial score (nSPS) is 21.6. The molecule has 0 aromatic rings. The molecule has 0 aliphatic heterocycles. The summed E-state index contributed by atoms with van der Waals surface area (Å²) in [5.41, 5.74) is 0.250. The van der Waals surface area contributed by atoms with Crippen LogP contribution >= 0.6 is 0 Å². The first kappa shape index (κ1) is 13.2. The molecule has 5 heteroatoms. The van der Waals surface area contributed by atoms with Gasteiger partial charge in [-0.2, -0.15) is 0 Å². The Morgan fingerprint density at radius 3 is 2.44 bits per heavy atom. The van der Waals surface area contributed by atoms with Crippen LogP contribution < -0.4 is 5.32 Å². The van der Waals surface area contributed by atoms with Crippen molar-refractivity contribution < 1.29 is 14.7 Å². The average Bonchev–Trinajstić information content (AvgIpc) is 2.83. The number of carboxylic acid groups (broad SMARTS) is 1. The van der Waals surface area contributed by atoms with Crippen LogP contribution in [-0.2, 0) is 4.79 Å². The van der Waals surface area contributed by atoms with E-state index in [2.05, 4.69) is 12.2 Å². The molecule has 0 atom stereocenters. The van der Waals surface area contributed by atoms with Gasteiger partial charge in [0.25, 0.3) is 0 Å². The molecule has 18 heavy (non-hydrogen) atoms. The SMILES string of the molecule is CC1(CNC(=O)N(CC(=O)O)C2CCCC2)CC1. The molecule has 0 unspecified atom stereocenters. The summed E-state index contributed by atoms with van der Waals surface area (Å²) in [7, 11) is 0. The molecule has 0 aromatic carbocycles. The number of rotatable bonds is 5. The fraction of sp³-hybridized carbons (Fsp3) is 0.846. The zero-order chi connectivity index (χ0) is 13.2. The van der Waals surface area contributed by atoms with Gasteiger partial charge in [0.05, 0.1) is 0 Å². The van der Waals surface area contributed by atoms with Crippen LogP contribution in [0.15, 0.2) is 0 Å². The predicted octanol–water partition coefficient (Wildman–Crippen LogP) is 1.83. The first-order valence-corrected chi connectivity index (χ1v) is 6.76. The zero-order valence-corrected chi connectivity index (χ0v) is 10.9. The van der Waals surface area contributed by atoms with E-state index in [1.54, 1.807) is 0 Å². The van der Waals surface area contributed by atoms with E-state index in [0.29, 0.717) is 6.54 Å². The standard InChI is InChI=1S/C13H22N2O3/c1-13(6-7-13)9-14-12(18)15(8-11(16)17)10-4-2-3-5-10/h10H,2-9H2,1H3,(H,14,18)(H,16,17). The Balaban J connectivity index is 1.89. The largest absolute Gasteiger partial charge is 0.480 e. The first-order chi connectivity index (χ1) is 8.50. The molecule has 0 radical (unpaired) electrons. The quantitative estimate of drug-likeness (QED) is 0.786. The number of nitrogens with one attached hydrogen (secondary N) is 1. The lowest BCUT2D eigenvalue weighted by atomic mass is 10.1. The number of carboxylic acids is 1. The van der Waals surface area contributed by atoms with Crippen molar-refractivity contribution >= 4 is 12.0 Å². The van der Waals surface area contributed by atoms with E-state index in [9.17, 15) is 9.59 Å². The van der Waals surface area contributed by atoms with E-state index >= 15 is 0 Å².